The van der Waals surface area contributed by atoms with E-state index in [4.69, 9.17) is 4.74 Å². The summed E-state index contributed by atoms with van der Waals surface area (Å²) in [6.45, 7) is 5.35. The van der Waals surface area contributed by atoms with Crippen LogP contribution >= 0.6 is 0 Å². The average molecular weight is 660 g/mol. The van der Waals surface area contributed by atoms with Crippen molar-refractivity contribution in [3.05, 3.63) is 125 Å². The highest BCUT2D eigenvalue weighted by atomic mass is 16.6. The SMILES string of the molecule is Cc1cn(CCCN(Cc2ccccc2)C(=O)[C@H]2CN(C3c4ccccc4CCc4ccccc43)CCN2C(=O)OC2CCCCC2)cn1. The Kier molecular flexibility index (Phi) is 10.4. The number of hydrogen-bond acceptors (Lipinski definition) is 5. The van der Waals surface area contributed by atoms with E-state index in [0.717, 1.165) is 62.7 Å². The van der Waals surface area contributed by atoms with Crippen molar-refractivity contribution >= 4 is 12.0 Å². The third kappa shape index (κ3) is 7.75. The maximum Gasteiger partial charge on any atom is 0.410 e. The van der Waals surface area contributed by atoms with E-state index in [9.17, 15) is 9.59 Å². The number of ether oxygens (including phenoxy) is 1. The van der Waals surface area contributed by atoms with Crippen molar-refractivity contribution in [2.75, 3.05) is 26.2 Å². The molecule has 256 valence electrons. The molecule has 1 atom stereocenters. The second-order valence-corrected chi connectivity index (χ2v) is 14.0. The number of carbonyl (C=O) groups is 2. The number of hydrogen-bond donors (Lipinski definition) is 0. The Morgan fingerprint density at radius 1 is 0.857 bits per heavy atom. The zero-order valence-corrected chi connectivity index (χ0v) is 28.8. The summed E-state index contributed by atoms with van der Waals surface area (Å²) in [4.78, 5) is 39.5. The number of aryl methyl sites for hydroxylation is 4. The van der Waals surface area contributed by atoms with E-state index in [1.54, 1.807) is 4.90 Å². The molecule has 7 rings (SSSR count). The molecule has 1 aromatic heterocycles. The molecule has 2 heterocycles. The van der Waals surface area contributed by atoms with E-state index in [1.807, 2.05) is 42.5 Å². The molecular formula is C41H49N5O3. The number of fused-ring (bicyclic) bond motifs is 2. The number of imidazole rings is 1. The van der Waals surface area contributed by atoms with Gasteiger partial charge in [0.25, 0.3) is 0 Å². The predicted molar refractivity (Wildman–Crippen MR) is 191 cm³/mol. The fourth-order valence-corrected chi connectivity index (χ4v) is 8.07. The minimum absolute atomic E-state index is 0.00812. The summed E-state index contributed by atoms with van der Waals surface area (Å²) in [5.41, 5.74) is 7.36. The van der Waals surface area contributed by atoms with Crippen LogP contribution in [0.25, 0.3) is 0 Å². The third-order valence-corrected chi connectivity index (χ3v) is 10.6. The smallest absolute Gasteiger partial charge is 0.410 e. The van der Waals surface area contributed by atoms with Crippen LogP contribution in [0, 0.1) is 6.92 Å². The van der Waals surface area contributed by atoms with Gasteiger partial charge in [0.05, 0.1) is 18.1 Å². The monoisotopic (exact) mass is 659 g/mol. The Labute approximate surface area is 290 Å². The molecule has 2 amide bonds. The second-order valence-electron chi connectivity index (χ2n) is 14.0. The number of piperazine rings is 1. The molecule has 2 fully saturated rings. The van der Waals surface area contributed by atoms with Crippen LogP contribution in [0.5, 0.6) is 0 Å². The Bertz CT molecular complexity index is 1670. The summed E-state index contributed by atoms with van der Waals surface area (Å²) in [5, 5.41) is 0. The number of amides is 2. The lowest BCUT2D eigenvalue weighted by Crippen LogP contribution is -2.62. The van der Waals surface area contributed by atoms with Crippen LogP contribution in [0.2, 0.25) is 0 Å². The molecule has 8 nitrogen and oxygen atoms in total. The molecule has 0 unspecified atom stereocenters. The fraction of sp³-hybridized carbons (Fsp3) is 0.439. The van der Waals surface area contributed by atoms with Gasteiger partial charge in [-0.25, -0.2) is 9.78 Å². The van der Waals surface area contributed by atoms with Crippen LogP contribution in [0.15, 0.2) is 91.4 Å². The van der Waals surface area contributed by atoms with Crippen LogP contribution < -0.4 is 0 Å². The van der Waals surface area contributed by atoms with Gasteiger partial charge in [-0.1, -0.05) is 85.3 Å². The van der Waals surface area contributed by atoms with Gasteiger partial charge in [-0.15, -0.1) is 0 Å². The van der Waals surface area contributed by atoms with Gasteiger partial charge in [0.1, 0.15) is 12.1 Å². The van der Waals surface area contributed by atoms with E-state index >= 15 is 0 Å². The first-order valence-corrected chi connectivity index (χ1v) is 18.2. The first kappa shape index (κ1) is 33.1. The van der Waals surface area contributed by atoms with Gasteiger partial charge in [0.15, 0.2) is 0 Å². The predicted octanol–water partition coefficient (Wildman–Crippen LogP) is 6.95. The molecule has 0 N–H and O–H groups in total. The Morgan fingerprint density at radius 2 is 1.53 bits per heavy atom. The van der Waals surface area contributed by atoms with Crippen LogP contribution in [-0.4, -0.2) is 74.6 Å². The van der Waals surface area contributed by atoms with Crippen LogP contribution in [0.4, 0.5) is 4.79 Å². The standard InChI is InChI=1S/C41H49N5O3/c1-31-27-43(30-42-31)23-12-24-45(28-32-13-4-2-5-14-32)40(47)38-29-44(25-26-46(38)41(48)49-35-17-6-3-7-18-35)39-36-19-10-8-15-33(36)21-22-34-16-9-11-20-37(34)39/h2,4-5,8-11,13-16,19-20,27,30,35,38-39H,3,6-7,12,17-18,21-26,28-29H2,1H3/t38-/m1/s1. The Hall–Kier alpha value is -4.43. The number of benzene rings is 3. The molecule has 1 saturated carbocycles. The Balaban J connectivity index is 1.20. The van der Waals surface area contributed by atoms with Crippen molar-refractivity contribution in [1.82, 2.24) is 24.3 Å². The molecule has 1 saturated heterocycles. The van der Waals surface area contributed by atoms with Gasteiger partial charge in [-0.3, -0.25) is 14.6 Å². The molecule has 0 spiro atoms. The normalized spacial score (nSPS) is 18.7. The zero-order valence-electron chi connectivity index (χ0n) is 28.8. The summed E-state index contributed by atoms with van der Waals surface area (Å²) in [6, 6.07) is 27.0. The molecule has 8 heteroatoms. The molecule has 0 radical (unpaired) electrons. The molecule has 4 aromatic rings. The lowest BCUT2D eigenvalue weighted by atomic mass is 9.92. The van der Waals surface area contributed by atoms with E-state index in [2.05, 4.69) is 75.1 Å². The van der Waals surface area contributed by atoms with E-state index in [-0.39, 0.29) is 24.1 Å². The third-order valence-electron chi connectivity index (χ3n) is 10.6. The number of nitrogens with zero attached hydrogens (tertiary/aromatic N) is 5. The highest BCUT2D eigenvalue weighted by Gasteiger charge is 2.42. The van der Waals surface area contributed by atoms with Crippen molar-refractivity contribution in [3.63, 3.8) is 0 Å². The molecule has 1 aliphatic heterocycles. The van der Waals surface area contributed by atoms with Gasteiger partial charge in [0.2, 0.25) is 5.91 Å². The first-order chi connectivity index (χ1) is 24.0. The van der Waals surface area contributed by atoms with Crippen LogP contribution in [0.3, 0.4) is 0 Å². The van der Waals surface area contributed by atoms with Crippen molar-refractivity contribution in [1.29, 1.82) is 0 Å². The topological polar surface area (TPSA) is 70.9 Å². The fourth-order valence-electron chi connectivity index (χ4n) is 8.07. The Morgan fingerprint density at radius 3 is 2.20 bits per heavy atom. The highest BCUT2D eigenvalue weighted by molar-refractivity contribution is 5.86. The van der Waals surface area contributed by atoms with Gasteiger partial charge in [-0.2, -0.15) is 0 Å². The minimum atomic E-state index is -0.661. The van der Waals surface area contributed by atoms with Gasteiger partial charge in [0, 0.05) is 45.5 Å². The first-order valence-electron chi connectivity index (χ1n) is 18.2. The quantitative estimate of drug-likeness (QED) is 0.195. The lowest BCUT2D eigenvalue weighted by molar-refractivity contribution is -0.140. The van der Waals surface area contributed by atoms with E-state index in [1.165, 1.54) is 28.7 Å². The van der Waals surface area contributed by atoms with Gasteiger partial charge < -0.3 is 14.2 Å². The number of rotatable bonds is 9. The van der Waals surface area contributed by atoms with Crippen LogP contribution in [0.1, 0.15) is 78.1 Å². The molecule has 49 heavy (non-hydrogen) atoms. The van der Waals surface area contributed by atoms with E-state index in [0.29, 0.717) is 32.7 Å². The van der Waals surface area contributed by atoms with Crippen molar-refractivity contribution in [2.24, 2.45) is 0 Å². The largest absolute Gasteiger partial charge is 0.446 e. The maximum atomic E-state index is 15.0. The summed E-state index contributed by atoms with van der Waals surface area (Å²) in [7, 11) is 0. The summed E-state index contributed by atoms with van der Waals surface area (Å²) >= 11 is 0. The number of carbonyl (C=O) groups excluding carboxylic acids is 2. The maximum absolute atomic E-state index is 15.0. The highest BCUT2D eigenvalue weighted by Crippen LogP contribution is 2.38. The molecule has 3 aromatic carbocycles. The zero-order chi connectivity index (χ0) is 33.6. The molecular weight excluding hydrogens is 610 g/mol. The van der Waals surface area contributed by atoms with Crippen molar-refractivity contribution in [3.8, 4) is 0 Å². The second kappa shape index (κ2) is 15.4. The average Bonchev–Trinajstić information content (AvgIpc) is 3.48. The molecule has 3 aliphatic rings. The molecule has 2 aliphatic carbocycles. The molecule has 0 bridgehead atoms. The van der Waals surface area contributed by atoms with E-state index < -0.39 is 6.04 Å². The summed E-state index contributed by atoms with van der Waals surface area (Å²) in [5.74, 6) is -0.0221. The number of aromatic nitrogens is 2. The van der Waals surface area contributed by atoms with Gasteiger partial charge in [-0.05, 0) is 79.7 Å². The minimum Gasteiger partial charge on any atom is -0.446 e. The lowest BCUT2D eigenvalue weighted by Gasteiger charge is -2.45. The van der Waals surface area contributed by atoms with Gasteiger partial charge >= 0.3 is 6.09 Å². The van der Waals surface area contributed by atoms with Crippen molar-refractivity contribution in [2.45, 2.75) is 89.6 Å². The summed E-state index contributed by atoms with van der Waals surface area (Å²) in [6.07, 6.45) is 11.4. The summed E-state index contributed by atoms with van der Waals surface area (Å²) < 4.78 is 8.23. The van der Waals surface area contributed by atoms with Crippen molar-refractivity contribution < 1.29 is 14.3 Å². The van der Waals surface area contributed by atoms with Crippen LogP contribution in [-0.2, 0) is 35.5 Å².